The molecule has 2 fully saturated rings. The van der Waals surface area contributed by atoms with Gasteiger partial charge in [0.2, 0.25) is 0 Å². The Kier molecular flexibility index (Phi) is 5.47. The third-order valence-corrected chi connectivity index (χ3v) is 6.33. The summed E-state index contributed by atoms with van der Waals surface area (Å²) in [5.41, 5.74) is 0.354. The number of thiocarbonyl (C=S) groups is 1. The number of methoxy groups -OCH3 is 2. The second kappa shape index (κ2) is 8.07. The van der Waals surface area contributed by atoms with Crippen LogP contribution in [0.25, 0.3) is 0 Å². The molecule has 2 unspecified atom stereocenters. The summed E-state index contributed by atoms with van der Waals surface area (Å²) in [5.74, 6) is 1.28. The van der Waals surface area contributed by atoms with Crippen LogP contribution in [0.1, 0.15) is 42.5 Å². The van der Waals surface area contributed by atoms with E-state index in [1.54, 1.807) is 14.2 Å². The first-order chi connectivity index (χ1) is 14.5. The number of ether oxygens (including phenoxy) is 2. The van der Waals surface area contributed by atoms with Gasteiger partial charge >= 0.3 is 0 Å². The first kappa shape index (κ1) is 20.3. The van der Waals surface area contributed by atoms with E-state index < -0.39 is 17.5 Å². The summed E-state index contributed by atoms with van der Waals surface area (Å²) in [6, 6.07) is 13.7. The second-order valence-corrected chi connectivity index (χ2v) is 8.01. The van der Waals surface area contributed by atoms with Crippen molar-refractivity contribution in [2.45, 2.75) is 31.3 Å². The lowest BCUT2D eigenvalue weighted by Crippen LogP contribution is -2.65. The van der Waals surface area contributed by atoms with Crippen molar-refractivity contribution < 1.29 is 19.1 Å². The summed E-state index contributed by atoms with van der Waals surface area (Å²) < 4.78 is 10.5. The first-order valence-electron chi connectivity index (χ1n) is 9.92. The minimum absolute atomic E-state index is 0.0668. The largest absolute Gasteiger partial charge is 0.497 e. The molecule has 6 nitrogen and oxygen atoms in total. The lowest BCUT2D eigenvalue weighted by molar-refractivity contribution is -0.149. The first-order valence-corrected chi connectivity index (χ1v) is 10.3. The molecule has 1 aliphatic heterocycles. The van der Waals surface area contributed by atoms with E-state index in [0.29, 0.717) is 35.9 Å². The van der Waals surface area contributed by atoms with Crippen molar-refractivity contribution in [1.29, 1.82) is 0 Å². The zero-order valence-electron chi connectivity index (χ0n) is 16.9. The molecule has 1 aliphatic carbocycles. The van der Waals surface area contributed by atoms with E-state index in [-0.39, 0.29) is 11.6 Å². The van der Waals surface area contributed by atoms with E-state index in [9.17, 15) is 9.59 Å². The van der Waals surface area contributed by atoms with Crippen LogP contribution >= 0.6 is 12.2 Å². The molecule has 30 heavy (non-hydrogen) atoms. The van der Waals surface area contributed by atoms with Crippen molar-refractivity contribution in [2.24, 2.45) is 5.41 Å². The maximum Gasteiger partial charge on any atom is 0.167 e. The third kappa shape index (κ3) is 3.23. The number of benzene rings is 2. The summed E-state index contributed by atoms with van der Waals surface area (Å²) >= 11 is 5.49. The highest BCUT2D eigenvalue weighted by atomic mass is 32.1. The predicted octanol–water partition coefficient (Wildman–Crippen LogP) is 3.27. The highest BCUT2D eigenvalue weighted by Gasteiger charge is 2.61. The number of hydrogen-bond acceptors (Lipinski definition) is 5. The monoisotopic (exact) mass is 424 g/mol. The molecule has 0 bridgehead atoms. The lowest BCUT2D eigenvalue weighted by atomic mass is 9.59. The minimum Gasteiger partial charge on any atom is -0.497 e. The zero-order valence-corrected chi connectivity index (χ0v) is 17.8. The molecule has 1 saturated heterocycles. The Labute approximate surface area is 180 Å². The fourth-order valence-corrected chi connectivity index (χ4v) is 4.84. The summed E-state index contributed by atoms with van der Waals surface area (Å²) in [5, 5.41) is 6.86. The molecule has 1 saturated carbocycles. The number of hydrogen-bond donors (Lipinski definition) is 2. The Morgan fingerprint density at radius 3 is 1.57 bits per heavy atom. The van der Waals surface area contributed by atoms with Crippen molar-refractivity contribution in [2.75, 3.05) is 14.2 Å². The summed E-state index contributed by atoms with van der Waals surface area (Å²) in [4.78, 5) is 27.0. The van der Waals surface area contributed by atoms with Crippen molar-refractivity contribution in [3.63, 3.8) is 0 Å². The Balaban J connectivity index is 1.88. The number of Topliss-reactive ketones (excluding diaryl/α,β-unsaturated/α-hetero) is 2. The summed E-state index contributed by atoms with van der Waals surface area (Å²) in [6.07, 6.45) is 1.30. The minimum atomic E-state index is -1.29. The van der Waals surface area contributed by atoms with Gasteiger partial charge in [-0.05, 0) is 54.0 Å². The number of rotatable bonds is 4. The average molecular weight is 425 g/mol. The van der Waals surface area contributed by atoms with Crippen molar-refractivity contribution in [1.82, 2.24) is 10.6 Å². The molecular weight excluding hydrogens is 400 g/mol. The quantitative estimate of drug-likeness (QED) is 0.576. The van der Waals surface area contributed by atoms with E-state index >= 15 is 0 Å². The molecule has 0 radical (unpaired) electrons. The van der Waals surface area contributed by atoms with Crippen molar-refractivity contribution in [3.05, 3.63) is 59.7 Å². The van der Waals surface area contributed by atoms with Crippen molar-refractivity contribution in [3.8, 4) is 11.5 Å². The topological polar surface area (TPSA) is 76.7 Å². The highest BCUT2D eigenvalue weighted by molar-refractivity contribution is 7.80. The Hall–Kier alpha value is -2.93. The molecule has 7 heteroatoms. The normalized spacial score (nSPS) is 22.9. The van der Waals surface area contributed by atoms with Crippen LogP contribution in [0.15, 0.2) is 48.5 Å². The van der Waals surface area contributed by atoms with Crippen LogP contribution in [0.3, 0.4) is 0 Å². The van der Waals surface area contributed by atoms with Gasteiger partial charge in [0.1, 0.15) is 16.9 Å². The van der Waals surface area contributed by atoms with Crippen LogP contribution in [-0.2, 0) is 9.59 Å². The van der Waals surface area contributed by atoms with Gasteiger partial charge in [-0.15, -0.1) is 0 Å². The smallest absolute Gasteiger partial charge is 0.167 e. The molecule has 2 N–H and O–H groups in total. The number of carbonyl (C=O) groups excluding carboxylic acids is 2. The molecule has 2 atom stereocenters. The molecule has 0 aromatic heterocycles. The molecule has 2 aromatic rings. The number of carbonyl (C=O) groups is 2. The molecule has 156 valence electrons. The van der Waals surface area contributed by atoms with Gasteiger partial charge in [-0.3, -0.25) is 9.59 Å². The van der Waals surface area contributed by atoms with E-state index in [4.69, 9.17) is 21.7 Å². The Bertz CT molecular complexity index is 894. The average Bonchev–Trinajstić information content (AvgIpc) is 2.78. The van der Waals surface area contributed by atoms with Gasteiger partial charge in [0, 0.05) is 12.8 Å². The van der Waals surface area contributed by atoms with Crippen LogP contribution < -0.4 is 20.1 Å². The summed E-state index contributed by atoms with van der Waals surface area (Å²) in [6.45, 7) is 0. The van der Waals surface area contributed by atoms with Gasteiger partial charge in [-0.25, -0.2) is 0 Å². The predicted molar refractivity (Wildman–Crippen MR) is 117 cm³/mol. The Morgan fingerprint density at radius 1 is 0.800 bits per heavy atom. The van der Waals surface area contributed by atoms with E-state index in [1.807, 2.05) is 48.5 Å². The lowest BCUT2D eigenvalue weighted by Gasteiger charge is -2.50. The van der Waals surface area contributed by atoms with Crippen LogP contribution in [0.5, 0.6) is 11.5 Å². The molecule has 4 rings (SSSR count). The fourth-order valence-electron chi connectivity index (χ4n) is 4.61. The van der Waals surface area contributed by atoms with Gasteiger partial charge in [0.25, 0.3) is 0 Å². The molecule has 2 aromatic carbocycles. The van der Waals surface area contributed by atoms with Gasteiger partial charge in [0.05, 0.1) is 26.3 Å². The molecule has 1 heterocycles. The van der Waals surface area contributed by atoms with Gasteiger partial charge < -0.3 is 20.1 Å². The summed E-state index contributed by atoms with van der Waals surface area (Å²) in [7, 11) is 3.20. The Morgan fingerprint density at radius 2 is 1.20 bits per heavy atom. The third-order valence-electron chi connectivity index (χ3n) is 6.09. The number of nitrogens with one attached hydrogen (secondary N) is 2. The SMILES string of the molecule is COc1ccc(C2NC(=S)NC(c3ccc(OC)cc3)C23C(=O)CCCC3=O)cc1. The van der Waals surface area contributed by atoms with Crippen LogP contribution in [0, 0.1) is 5.41 Å². The van der Waals surface area contributed by atoms with E-state index in [1.165, 1.54) is 0 Å². The molecular formula is C23H24N2O4S. The van der Waals surface area contributed by atoms with Gasteiger partial charge in [-0.1, -0.05) is 24.3 Å². The highest BCUT2D eigenvalue weighted by Crippen LogP contribution is 2.52. The van der Waals surface area contributed by atoms with E-state index in [0.717, 1.165) is 11.1 Å². The van der Waals surface area contributed by atoms with Gasteiger partial charge in [0.15, 0.2) is 16.7 Å². The standard InChI is InChI=1S/C23H24N2O4S/c1-28-16-10-6-14(7-11-16)20-23(18(26)4-3-5-19(23)27)21(25-22(30)24-20)15-8-12-17(29-2)13-9-15/h6-13,20-21H,3-5H2,1-2H3,(H2,24,25,30). The van der Waals surface area contributed by atoms with Crippen LogP contribution in [-0.4, -0.2) is 30.9 Å². The second-order valence-electron chi connectivity index (χ2n) is 7.60. The maximum atomic E-state index is 13.5. The number of ketones is 2. The fraction of sp³-hybridized carbons (Fsp3) is 0.348. The van der Waals surface area contributed by atoms with Crippen LogP contribution in [0.4, 0.5) is 0 Å². The van der Waals surface area contributed by atoms with E-state index in [2.05, 4.69) is 10.6 Å². The molecule has 2 aliphatic rings. The van der Waals surface area contributed by atoms with Crippen molar-refractivity contribution >= 4 is 28.9 Å². The molecule has 0 amide bonds. The van der Waals surface area contributed by atoms with Crippen LogP contribution in [0.2, 0.25) is 0 Å². The molecule has 1 spiro atoms. The zero-order chi connectivity index (χ0) is 21.3. The maximum absolute atomic E-state index is 13.5. The van der Waals surface area contributed by atoms with Gasteiger partial charge in [-0.2, -0.15) is 0 Å².